The number of benzene rings is 1. The first kappa shape index (κ1) is 15.2. The molecule has 100 valence electrons. The Morgan fingerprint density at radius 2 is 1.83 bits per heavy atom. The Balaban J connectivity index is 0.00000162. The van der Waals surface area contributed by atoms with Crippen LogP contribution in [0.25, 0.3) is 0 Å². The molecule has 18 heavy (non-hydrogen) atoms. The number of hydrogen-bond acceptors (Lipinski definition) is 2. The summed E-state index contributed by atoms with van der Waals surface area (Å²) >= 11 is 0. The van der Waals surface area contributed by atoms with E-state index in [1.807, 2.05) is 31.2 Å². The number of piperidine rings is 1. The lowest BCUT2D eigenvalue weighted by atomic mass is 10.0. The van der Waals surface area contributed by atoms with Crippen molar-refractivity contribution >= 4 is 18.2 Å². The van der Waals surface area contributed by atoms with Gasteiger partial charge in [-0.25, -0.2) is 0 Å². The third kappa shape index (κ3) is 4.11. The van der Waals surface area contributed by atoms with Crippen LogP contribution in [0.2, 0.25) is 0 Å². The molecule has 0 aromatic heterocycles. The second-order valence-electron chi connectivity index (χ2n) is 4.89. The Kier molecular flexibility index (Phi) is 6.37. The average Bonchev–Trinajstić information content (AvgIpc) is 2.38. The maximum absolute atomic E-state index is 12.1. The quantitative estimate of drug-likeness (QED) is 0.779. The van der Waals surface area contributed by atoms with Gasteiger partial charge in [0, 0.05) is 18.5 Å². The van der Waals surface area contributed by atoms with Gasteiger partial charge in [-0.1, -0.05) is 30.7 Å². The monoisotopic (exact) mass is 267 g/mol. The highest BCUT2D eigenvalue weighted by molar-refractivity contribution is 5.97. The lowest BCUT2D eigenvalue weighted by Crippen LogP contribution is -2.31. The number of ketones is 1. The number of hydrogen-bond donors (Lipinski definition) is 0. The molecule has 2 rings (SSSR count). The van der Waals surface area contributed by atoms with Gasteiger partial charge in [-0.3, -0.25) is 4.79 Å². The first-order valence-corrected chi connectivity index (χ1v) is 6.58. The number of nitrogens with zero attached hydrogens (tertiary/aromatic N) is 1. The van der Waals surface area contributed by atoms with Crippen LogP contribution in [0.3, 0.4) is 0 Å². The van der Waals surface area contributed by atoms with Gasteiger partial charge in [-0.2, -0.15) is 0 Å². The lowest BCUT2D eigenvalue weighted by molar-refractivity contribution is 0.0958. The lowest BCUT2D eigenvalue weighted by Gasteiger charge is -2.26. The van der Waals surface area contributed by atoms with Crippen LogP contribution >= 0.6 is 12.4 Å². The van der Waals surface area contributed by atoms with Crippen molar-refractivity contribution < 1.29 is 4.79 Å². The van der Waals surface area contributed by atoms with E-state index < -0.39 is 0 Å². The minimum absolute atomic E-state index is 0. The molecule has 1 fully saturated rings. The summed E-state index contributed by atoms with van der Waals surface area (Å²) in [6.45, 7) is 5.27. The first-order valence-electron chi connectivity index (χ1n) is 6.58. The molecular formula is C15H22ClNO. The topological polar surface area (TPSA) is 20.3 Å². The molecule has 0 atom stereocenters. The molecule has 1 saturated heterocycles. The molecule has 1 aromatic carbocycles. The molecule has 1 heterocycles. The summed E-state index contributed by atoms with van der Waals surface area (Å²) in [5, 5.41) is 0. The normalized spacial score (nSPS) is 16.1. The van der Waals surface area contributed by atoms with Crippen LogP contribution in [0.1, 0.15) is 41.6 Å². The molecule has 1 aliphatic rings. The van der Waals surface area contributed by atoms with Crippen molar-refractivity contribution in [2.75, 3.05) is 19.6 Å². The van der Waals surface area contributed by atoms with Crippen molar-refractivity contribution in [2.45, 2.75) is 32.6 Å². The van der Waals surface area contributed by atoms with Crippen LogP contribution in [0.4, 0.5) is 0 Å². The first-order chi connectivity index (χ1) is 8.27. The molecule has 3 heteroatoms. The summed E-state index contributed by atoms with van der Waals surface area (Å²) in [4.78, 5) is 14.5. The second kappa shape index (κ2) is 7.55. The van der Waals surface area contributed by atoms with E-state index in [0.29, 0.717) is 6.42 Å². The van der Waals surface area contributed by atoms with E-state index in [9.17, 15) is 4.79 Å². The number of halogens is 1. The van der Waals surface area contributed by atoms with Gasteiger partial charge in [0.1, 0.15) is 0 Å². The molecule has 0 aliphatic carbocycles. The standard InChI is InChI=1S/C15H21NO.ClH/c1-13-7-3-4-8-14(13)15(17)9-12-16-10-5-2-6-11-16;/h3-4,7-8H,2,5-6,9-12H2,1H3;1H. The van der Waals surface area contributed by atoms with Crippen LogP contribution < -0.4 is 0 Å². The zero-order chi connectivity index (χ0) is 12.1. The van der Waals surface area contributed by atoms with Crippen molar-refractivity contribution in [1.82, 2.24) is 4.90 Å². The molecular weight excluding hydrogens is 246 g/mol. The van der Waals surface area contributed by atoms with E-state index in [-0.39, 0.29) is 18.2 Å². The van der Waals surface area contributed by atoms with Crippen molar-refractivity contribution in [3.8, 4) is 0 Å². The van der Waals surface area contributed by atoms with Gasteiger partial charge in [0.25, 0.3) is 0 Å². The maximum Gasteiger partial charge on any atom is 0.164 e. The van der Waals surface area contributed by atoms with Gasteiger partial charge in [0.15, 0.2) is 5.78 Å². The summed E-state index contributed by atoms with van der Waals surface area (Å²) in [5.74, 6) is 0.286. The number of Topliss-reactive ketones (excluding diaryl/α,β-unsaturated/α-hetero) is 1. The minimum Gasteiger partial charge on any atom is -0.303 e. The molecule has 2 nitrogen and oxygen atoms in total. The number of rotatable bonds is 4. The number of aryl methyl sites for hydroxylation is 1. The third-order valence-corrected chi connectivity index (χ3v) is 3.55. The fourth-order valence-corrected chi connectivity index (χ4v) is 2.46. The van der Waals surface area contributed by atoms with E-state index in [1.165, 1.54) is 32.4 Å². The number of likely N-dealkylation sites (tertiary alicyclic amines) is 1. The van der Waals surface area contributed by atoms with Crippen molar-refractivity contribution in [2.24, 2.45) is 0 Å². The molecule has 1 aliphatic heterocycles. The highest BCUT2D eigenvalue weighted by Crippen LogP contribution is 2.12. The third-order valence-electron chi connectivity index (χ3n) is 3.55. The fourth-order valence-electron chi connectivity index (χ4n) is 2.46. The van der Waals surface area contributed by atoms with Crippen LogP contribution in [-0.2, 0) is 0 Å². The second-order valence-corrected chi connectivity index (χ2v) is 4.89. The van der Waals surface area contributed by atoms with Crippen LogP contribution in [0.5, 0.6) is 0 Å². The van der Waals surface area contributed by atoms with E-state index in [0.717, 1.165) is 17.7 Å². The van der Waals surface area contributed by atoms with Crippen LogP contribution in [0, 0.1) is 6.92 Å². The number of carbonyl (C=O) groups is 1. The van der Waals surface area contributed by atoms with Crippen molar-refractivity contribution in [3.05, 3.63) is 35.4 Å². The van der Waals surface area contributed by atoms with Gasteiger partial charge >= 0.3 is 0 Å². The Labute approximate surface area is 116 Å². The van der Waals surface area contributed by atoms with Crippen molar-refractivity contribution in [1.29, 1.82) is 0 Å². The molecule has 0 amide bonds. The van der Waals surface area contributed by atoms with Crippen molar-refractivity contribution in [3.63, 3.8) is 0 Å². The summed E-state index contributed by atoms with van der Waals surface area (Å²) in [6.07, 6.45) is 4.59. The minimum atomic E-state index is 0. The van der Waals surface area contributed by atoms with E-state index in [4.69, 9.17) is 0 Å². The Bertz CT molecular complexity index is 386. The SMILES string of the molecule is Cc1ccccc1C(=O)CCN1CCCCC1.Cl. The van der Waals surface area contributed by atoms with Gasteiger partial charge in [0.2, 0.25) is 0 Å². The average molecular weight is 268 g/mol. The van der Waals surface area contributed by atoms with Crippen LogP contribution in [0.15, 0.2) is 24.3 Å². The van der Waals surface area contributed by atoms with E-state index >= 15 is 0 Å². The fraction of sp³-hybridized carbons (Fsp3) is 0.533. The maximum atomic E-state index is 12.1. The zero-order valence-corrected chi connectivity index (χ0v) is 11.8. The Morgan fingerprint density at radius 3 is 2.50 bits per heavy atom. The predicted octanol–water partition coefficient (Wildman–Crippen LogP) is 3.48. The molecule has 0 spiro atoms. The molecule has 1 aromatic rings. The Morgan fingerprint density at radius 1 is 1.17 bits per heavy atom. The summed E-state index contributed by atoms with van der Waals surface area (Å²) in [7, 11) is 0. The number of carbonyl (C=O) groups excluding carboxylic acids is 1. The zero-order valence-electron chi connectivity index (χ0n) is 11.0. The molecule has 0 N–H and O–H groups in total. The summed E-state index contributed by atoms with van der Waals surface area (Å²) in [5.41, 5.74) is 1.99. The van der Waals surface area contributed by atoms with Gasteiger partial charge in [-0.15, -0.1) is 12.4 Å². The molecule has 0 bridgehead atoms. The predicted molar refractivity (Wildman–Crippen MR) is 77.7 cm³/mol. The largest absolute Gasteiger partial charge is 0.303 e. The molecule has 0 radical (unpaired) electrons. The summed E-state index contributed by atoms with van der Waals surface area (Å²) < 4.78 is 0. The molecule has 0 unspecified atom stereocenters. The van der Waals surface area contributed by atoms with E-state index in [1.54, 1.807) is 0 Å². The smallest absolute Gasteiger partial charge is 0.164 e. The highest BCUT2D eigenvalue weighted by atomic mass is 35.5. The van der Waals surface area contributed by atoms with Gasteiger partial charge in [0.05, 0.1) is 0 Å². The van der Waals surface area contributed by atoms with Gasteiger partial charge < -0.3 is 4.90 Å². The molecule has 0 saturated carbocycles. The highest BCUT2D eigenvalue weighted by Gasteiger charge is 2.13. The summed E-state index contributed by atoms with van der Waals surface area (Å²) in [6, 6.07) is 7.87. The van der Waals surface area contributed by atoms with Crippen LogP contribution in [-0.4, -0.2) is 30.3 Å². The van der Waals surface area contributed by atoms with Gasteiger partial charge in [-0.05, 0) is 38.4 Å². The van der Waals surface area contributed by atoms with E-state index in [2.05, 4.69) is 4.90 Å². The Hall–Kier alpha value is -0.860.